The topological polar surface area (TPSA) is 84.4 Å². The van der Waals surface area contributed by atoms with Gasteiger partial charge in [0.15, 0.2) is 0 Å². The van der Waals surface area contributed by atoms with Gasteiger partial charge in [-0.2, -0.15) is 0 Å². The van der Waals surface area contributed by atoms with Gasteiger partial charge in [-0.05, 0) is 33.1 Å². The van der Waals surface area contributed by atoms with Crippen molar-refractivity contribution in [3.8, 4) is 0 Å². The molecule has 0 radical (unpaired) electrons. The molecule has 7 heteroatoms. The molecular formula is C15H22N4O3. The highest BCUT2D eigenvalue weighted by atomic mass is 16.6. The Kier molecular flexibility index (Phi) is 4.95. The molecule has 2 rings (SSSR count). The van der Waals surface area contributed by atoms with Crippen molar-refractivity contribution < 1.29 is 14.3 Å². The first-order chi connectivity index (χ1) is 10.3. The Bertz CT molecular complexity index is 527. The quantitative estimate of drug-likeness (QED) is 0.914. The van der Waals surface area contributed by atoms with Crippen LogP contribution in [-0.4, -0.2) is 52.1 Å². The number of aromatic nitrogens is 2. The van der Waals surface area contributed by atoms with Crippen LogP contribution in [0.4, 0.5) is 4.79 Å². The number of nitrogens with zero attached hydrogens (tertiary/aromatic N) is 3. The number of hydrogen-bond acceptors (Lipinski definition) is 5. The number of rotatable bonds is 3. The minimum atomic E-state index is -0.506. The average molecular weight is 306 g/mol. The molecular weight excluding hydrogens is 284 g/mol. The zero-order valence-corrected chi connectivity index (χ0v) is 13.2. The molecule has 2 amide bonds. The molecule has 0 aliphatic carbocycles. The van der Waals surface area contributed by atoms with Gasteiger partial charge >= 0.3 is 6.09 Å². The Morgan fingerprint density at radius 1 is 1.41 bits per heavy atom. The van der Waals surface area contributed by atoms with Gasteiger partial charge in [-0.25, -0.2) is 9.78 Å². The molecule has 2 heterocycles. The highest BCUT2D eigenvalue weighted by Gasteiger charge is 2.28. The lowest BCUT2D eigenvalue weighted by molar-refractivity contribution is 0.0520. The van der Waals surface area contributed by atoms with E-state index in [1.807, 2.05) is 20.8 Å². The van der Waals surface area contributed by atoms with E-state index in [1.54, 1.807) is 4.90 Å². The van der Waals surface area contributed by atoms with Crippen molar-refractivity contribution in [2.45, 2.75) is 32.8 Å². The molecule has 1 saturated heterocycles. The van der Waals surface area contributed by atoms with Crippen LogP contribution in [-0.2, 0) is 4.74 Å². The number of carbonyl (C=O) groups excluding carboxylic acids is 2. The molecule has 0 unspecified atom stereocenters. The van der Waals surface area contributed by atoms with Gasteiger partial charge in [-0.3, -0.25) is 9.78 Å². The van der Waals surface area contributed by atoms with Crippen LogP contribution in [0, 0.1) is 5.92 Å². The number of ether oxygens (including phenoxy) is 1. The molecule has 0 spiro atoms. The maximum atomic E-state index is 12.2. The summed E-state index contributed by atoms with van der Waals surface area (Å²) in [7, 11) is 0. The van der Waals surface area contributed by atoms with Crippen molar-refractivity contribution in [3.05, 3.63) is 24.3 Å². The van der Waals surface area contributed by atoms with Crippen molar-refractivity contribution in [1.29, 1.82) is 0 Å². The molecule has 0 bridgehead atoms. The third-order valence-corrected chi connectivity index (χ3v) is 3.29. The van der Waals surface area contributed by atoms with Gasteiger partial charge in [0.25, 0.3) is 5.91 Å². The minimum absolute atomic E-state index is 0.118. The first-order valence-electron chi connectivity index (χ1n) is 7.37. The number of amides is 2. The van der Waals surface area contributed by atoms with Gasteiger partial charge in [-0.1, -0.05) is 0 Å². The highest BCUT2D eigenvalue weighted by molar-refractivity contribution is 5.92. The van der Waals surface area contributed by atoms with Gasteiger partial charge in [-0.15, -0.1) is 0 Å². The molecule has 1 aliphatic heterocycles. The summed E-state index contributed by atoms with van der Waals surface area (Å²) < 4.78 is 5.19. The zero-order valence-electron chi connectivity index (χ0n) is 13.2. The van der Waals surface area contributed by atoms with Crippen LogP contribution >= 0.6 is 0 Å². The number of nitrogens with one attached hydrogen (secondary N) is 1. The van der Waals surface area contributed by atoms with Gasteiger partial charge in [0.1, 0.15) is 11.3 Å². The van der Waals surface area contributed by atoms with Crippen LogP contribution in [0.15, 0.2) is 18.6 Å². The molecule has 1 fully saturated rings. The minimum Gasteiger partial charge on any atom is -0.444 e. The van der Waals surface area contributed by atoms with E-state index >= 15 is 0 Å². The van der Waals surface area contributed by atoms with Crippen LogP contribution in [0.25, 0.3) is 0 Å². The number of likely N-dealkylation sites (tertiary alicyclic amines) is 1. The summed E-state index contributed by atoms with van der Waals surface area (Å²) in [5, 5.41) is 2.75. The van der Waals surface area contributed by atoms with Crippen LogP contribution in [0.1, 0.15) is 37.7 Å². The monoisotopic (exact) mass is 306 g/mol. The summed E-state index contributed by atoms with van der Waals surface area (Å²) >= 11 is 0. The van der Waals surface area contributed by atoms with Crippen molar-refractivity contribution in [2.75, 3.05) is 19.6 Å². The Morgan fingerprint density at radius 3 is 2.82 bits per heavy atom. The summed E-state index contributed by atoms with van der Waals surface area (Å²) in [6, 6.07) is 0. The van der Waals surface area contributed by atoms with E-state index < -0.39 is 11.7 Å². The van der Waals surface area contributed by atoms with E-state index in [2.05, 4.69) is 15.3 Å². The van der Waals surface area contributed by atoms with E-state index in [0.29, 0.717) is 25.3 Å². The van der Waals surface area contributed by atoms with Crippen molar-refractivity contribution >= 4 is 12.0 Å². The SMILES string of the molecule is CC(C)(C)OC(=O)NC[C@@H]1CCN(C(=O)c2cnccn2)C1. The average Bonchev–Trinajstić information content (AvgIpc) is 2.92. The van der Waals surface area contributed by atoms with E-state index in [4.69, 9.17) is 4.74 Å². The largest absolute Gasteiger partial charge is 0.444 e. The van der Waals surface area contributed by atoms with Gasteiger partial charge < -0.3 is 15.0 Å². The standard InChI is InChI=1S/C15H22N4O3/c1-15(2,3)22-14(21)18-8-11-4-7-19(10-11)13(20)12-9-16-5-6-17-12/h5-6,9,11H,4,7-8,10H2,1-3H3,(H,18,21)/t11-/m0/s1. The van der Waals surface area contributed by atoms with Crippen LogP contribution < -0.4 is 5.32 Å². The molecule has 1 aliphatic rings. The molecule has 120 valence electrons. The fraction of sp³-hybridized carbons (Fsp3) is 0.600. The summed E-state index contributed by atoms with van der Waals surface area (Å²) in [5.74, 6) is 0.112. The molecule has 1 atom stereocenters. The lowest BCUT2D eigenvalue weighted by Gasteiger charge is -2.21. The zero-order chi connectivity index (χ0) is 16.2. The molecule has 1 aromatic heterocycles. The molecule has 1 aromatic rings. The van der Waals surface area contributed by atoms with Crippen LogP contribution in [0.3, 0.4) is 0 Å². The fourth-order valence-corrected chi connectivity index (χ4v) is 2.30. The number of carbonyl (C=O) groups is 2. The number of hydrogen-bond donors (Lipinski definition) is 1. The third kappa shape index (κ3) is 4.68. The van der Waals surface area contributed by atoms with Gasteiger partial charge in [0.2, 0.25) is 0 Å². The maximum absolute atomic E-state index is 12.2. The van der Waals surface area contributed by atoms with E-state index in [1.165, 1.54) is 18.6 Å². The lowest BCUT2D eigenvalue weighted by Crippen LogP contribution is -2.36. The van der Waals surface area contributed by atoms with E-state index in [-0.39, 0.29) is 11.8 Å². The highest BCUT2D eigenvalue weighted by Crippen LogP contribution is 2.17. The van der Waals surface area contributed by atoms with Gasteiger partial charge in [0.05, 0.1) is 6.20 Å². The third-order valence-electron chi connectivity index (χ3n) is 3.29. The second-order valence-corrected chi connectivity index (χ2v) is 6.38. The van der Waals surface area contributed by atoms with E-state index in [0.717, 1.165) is 6.42 Å². The molecule has 0 saturated carbocycles. The maximum Gasteiger partial charge on any atom is 0.407 e. The van der Waals surface area contributed by atoms with E-state index in [9.17, 15) is 9.59 Å². The first kappa shape index (κ1) is 16.2. The summed E-state index contributed by atoms with van der Waals surface area (Å²) in [4.78, 5) is 33.5. The molecule has 1 N–H and O–H groups in total. The number of alkyl carbamates (subject to hydrolysis) is 1. The molecule has 22 heavy (non-hydrogen) atoms. The van der Waals surface area contributed by atoms with Crippen molar-refractivity contribution in [1.82, 2.24) is 20.2 Å². The van der Waals surface area contributed by atoms with Crippen molar-refractivity contribution in [2.24, 2.45) is 5.92 Å². The fourth-order valence-electron chi connectivity index (χ4n) is 2.30. The predicted molar refractivity (Wildman–Crippen MR) is 80.3 cm³/mol. The second kappa shape index (κ2) is 6.72. The second-order valence-electron chi connectivity index (χ2n) is 6.38. The Hall–Kier alpha value is -2.18. The smallest absolute Gasteiger partial charge is 0.407 e. The predicted octanol–water partition coefficient (Wildman–Crippen LogP) is 1.46. The Morgan fingerprint density at radius 2 is 2.18 bits per heavy atom. The van der Waals surface area contributed by atoms with Crippen molar-refractivity contribution in [3.63, 3.8) is 0 Å². The summed E-state index contributed by atoms with van der Waals surface area (Å²) in [6.07, 6.45) is 4.93. The lowest BCUT2D eigenvalue weighted by atomic mass is 10.1. The summed E-state index contributed by atoms with van der Waals surface area (Å²) in [5.41, 5.74) is -0.156. The first-order valence-corrected chi connectivity index (χ1v) is 7.37. The molecule has 7 nitrogen and oxygen atoms in total. The normalized spacial score (nSPS) is 18.1. The van der Waals surface area contributed by atoms with Crippen LogP contribution in [0.5, 0.6) is 0 Å². The van der Waals surface area contributed by atoms with Gasteiger partial charge in [0, 0.05) is 32.0 Å². The molecule has 0 aromatic carbocycles. The van der Waals surface area contributed by atoms with Crippen LogP contribution in [0.2, 0.25) is 0 Å². The Labute approximate surface area is 130 Å². The summed E-state index contributed by atoms with van der Waals surface area (Å²) in [6.45, 7) is 7.23. The Balaban J connectivity index is 1.78.